The van der Waals surface area contributed by atoms with E-state index in [2.05, 4.69) is 23.6 Å². The first-order chi connectivity index (χ1) is 7.59. The number of nitrogens with zero attached hydrogens (tertiary/aromatic N) is 2. The van der Waals surface area contributed by atoms with Crippen LogP contribution < -0.4 is 0 Å². The summed E-state index contributed by atoms with van der Waals surface area (Å²) in [7, 11) is 0. The zero-order valence-corrected chi connectivity index (χ0v) is 10.8. The Kier molecular flexibility index (Phi) is 3.53. The molecule has 0 spiro atoms. The summed E-state index contributed by atoms with van der Waals surface area (Å²) in [6.45, 7) is 9.60. The van der Waals surface area contributed by atoms with Gasteiger partial charge in [0.15, 0.2) is 0 Å². The van der Waals surface area contributed by atoms with Gasteiger partial charge in [-0.1, -0.05) is 13.8 Å². The van der Waals surface area contributed by atoms with Crippen molar-refractivity contribution in [1.29, 1.82) is 0 Å². The molecule has 1 amide bonds. The Hall–Kier alpha value is -0.570. The molecule has 2 aliphatic rings. The van der Waals surface area contributed by atoms with Crippen LogP contribution in [0.3, 0.4) is 0 Å². The van der Waals surface area contributed by atoms with Crippen molar-refractivity contribution < 1.29 is 4.79 Å². The molecule has 3 heteroatoms. The molecule has 2 unspecified atom stereocenters. The van der Waals surface area contributed by atoms with Gasteiger partial charge in [0.05, 0.1) is 0 Å². The highest BCUT2D eigenvalue weighted by Gasteiger charge is 2.38. The van der Waals surface area contributed by atoms with Gasteiger partial charge in [-0.2, -0.15) is 0 Å². The van der Waals surface area contributed by atoms with Crippen LogP contribution >= 0.6 is 0 Å². The SMILES string of the molecule is CC(=O)N1CC(N2CCCC2)CC1C(C)C. The van der Waals surface area contributed by atoms with Gasteiger partial charge < -0.3 is 4.90 Å². The van der Waals surface area contributed by atoms with Crippen LogP contribution in [0.5, 0.6) is 0 Å². The maximum Gasteiger partial charge on any atom is 0.219 e. The molecular formula is C13H24N2O. The molecule has 16 heavy (non-hydrogen) atoms. The molecule has 2 saturated heterocycles. The third-order valence-corrected chi connectivity index (χ3v) is 4.15. The second-order valence-electron chi connectivity index (χ2n) is 5.62. The normalized spacial score (nSPS) is 31.6. The third kappa shape index (κ3) is 2.24. The monoisotopic (exact) mass is 224 g/mol. The van der Waals surface area contributed by atoms with Crippen molar-refractivity contribution in [3.05, 3.63) is 0 Å². The summed E-state index contributed by atoms with van der Waals surface area (Å²) < 4.78 is 0. The zero-order valence-electron chi connectivity index (χ0n) is 10.8. The molecule has 0 aromatic heterocycles. The first-order valence-electron chi connectivity index (χ1n) is 6.61. The van der Waals surface area contributed by atoms with Gasteiger partial charge in [-0.3, -0.25) is 9.69 Å². The van der Waals surface area contributed by atoms with Crippen LogP contribution in [0.15, 0.2) is 0 Å². The minimum Gasteiger partial charge on any atom is -0.338 e. The van der Waals surface area contributed by atoms with E-state index in [0.717, 1.165) is 6.54 Å². The van der Waals surface area contributed by atoms with Crippen LogP contribution in [-0.4, -0.2) is 47.4 Å². The Balaban J connectivity index is 2.02. The lowest BCUT2D eigenvalue weighted by Gasteiger charge is -2.26. The van der Waals surface area contributed by atoms with Crippen molar-refractivity contribution in [1.82, 2.24) is 9.80 Å². The molecule has 0 aromatic carbocycles. The Morgan fingerprint density at radius 2 is 1.88 bits per heavy atom. The molecular weight excluding hydrogens is 200 g/mol. The van der Waals surface area contributed by atoms with Crippen LogP contribution in [0, 0.1) is 5.92 Å². The zero-order chi connectivity index (χ0) is 11.7. The van der Waals surface area contributed by atoms with Crippen molar-refractivity contribution in [2.24, 2.45) is 5.92 Å². The second-order valence-corrected chi connectivity index (χ2v) is 5.62. The molecule has 3 nitrogen and oxygen atoms in total. The van der Waals surface area contributed by atoms with Gasteiger partial charge in [0, 0.05) is 25.6 Å². The summed E-state index contributed by atoms with van der Waals surface area (Å²) in [5.74, 6) is 0.830. The van der Waals surface area contributed by atoms with E-state index >= 15 is 0 Å². The van der Waals surface area contributed by atoms with Crippen LogP contribution in [0.1, 0.15) is 40.0 Å². The smallest absolute Gasteiger partial charge is 0.219 e. The Bertz CT molecular complexity index is 259. The average molecular weight is 224 g/mol. The third-order valence-electron chi connectivity index (χ3n) is 4.15. The van der Waals surface area contributed by atoms with Gasteiger partial charge in [-0.05, 0) is 38.3 Å². The van der Waals surface area contributed by atoms with Crippen molar-refractivity contribution >= 4 is 5.91 Å². The number of carbonyl (C=O) groups excluding carboxylic acids is 1. The summed E-state index contributed by atoms with van der Waals surface area (Å²) in [6.07, 6.45) is 3.85. The van der Waals surface area contributed by atoms with E-state index in [1.54, 1.807) is 6.92 Å². The predicted octanol–water partition coefficient (Wildman–Crippen LogP) is 1.73. The van der Waals surface area contributed by atoms with Gasteiger partial charge in [0.1, 0.15) is 0 Å². The molecule has 0 aliphatic carbocycles. The van der Waals surface area contributed by atoms with E-state index in [1.807, 2.05) is 0 Å². The number of hydrogen-bond acceptors (Lipinski definition) is 2. The molecule has 92 valence electrons. The van der Waals surface area contributed by atoms with E-state index in [-0.39, 0.29) is 5.91 Å². The maximum atomic E-state index is 11.6. The standard InChI is InChI=1S/C13H24N2O/c1-10(2)13-8-12(9-15(13)11(3)16)14-6-4-5-7-14/h10,12-13H,4-9H2,1-3H3. The molecule has 0 bridgehead atoms. The van der Waals surface area contributed by atoms with Crippen LogP contribution in [0.25, 0.3) is 0 Å². The fourth-order valence-corrected chi connectivity index (χ4v) is 3.21. The number of amides is 1. The van der Waals surface area contributed by atoms with E-state index in [4.69, 9.17) is 0 Å². The van der Waals surface area contributed by atoms with Crippen molar-refractivity contribution in [2.45, 2.75) is 52.1 Å². The van der Waals surface area contributed by atoms with Gasteiger partial charge in [0.25, 0.3) is 0 Å². The summed E-state index contributed by atoms with van der Waals surface area (Å²) >= 11 is 0. The number of rotatable bonds is 2. The van der Waals surface area contributed by atoms with Crippen LogP contribution in [-0.2, 0) is 4.79 Å². The Morgan fingerprint density at radius 1 is 1.25 bits per heavy atom. The highest BCUT2D eigenvalue weighted by atomic mass is 16.2. The minimum atomic E-state index is 0.250. The molecule has 2 fully saturated rings. The van der Waals surface area contributed by atoms with Gasteiger partial charge in [0.2, 0.25) is 5.91 Å². The van der Waals surface area contributed by atoms with Crippen molar-refractivity contribution in [3.63, 3.8) is 0 Å². The summed E-state index contributed by atoms with van der Waals surface area (Å²) in [4.78, 5) is 16.3. The molecule has 0 aromatic rings. The lowest BCUT2D eigenvalue weighted by Crippen LogP contribution is -2.38. The number of carbonyl (C=O) groups is 1. The minimum absolute atomic E-state index is 0.250. The Labute approximate surface area is 98.8 Å². The highest BCUT2D eigenvalue weighted by molar-refractivity contribution is 5.74. The van der Waals surface area contributed by atoms with E-state index < -0.39 is 0 Å². The van der Waals surface area contributed by atoms with Crippen LogP contribution in [0.2, 0.25) is 0 Å². The van der Waals surface area contributed by atoms with Crippen LogP contribution in [0.4, 0.5) is 0 Å². The lowest BCUT2D eigenvalue weighted by atomic mass is 10.00. The topological polar surface area (TPSA) is 23.6 Å². The maximum absolute atomic E-state index is 11.6. The molecule has 2 atom stereocenters. The largest absolute Gasteiger partial charge is 0.338 e. The number of likely N-dealkylation sites (tertiary alicyclic amines) is 2. The quantitative estimate of drug-likeness (QED) is 0.713. The summed E-state index contributed by atoms with van der Waals surface area (Å²) in [5.41, 5.74) is 0. The van der Waals surface area contributed by atoms with E-state index in [0.29, 0.717) is 18.0 Å². The van der Waals surface area contributed by atoms with Gasteiger partial charge in [-0.15, -0.1) is 0 Å². The number of hydrogen-bond donors (Lipinski definition) is 0. The molecule has 2 rings (SSSR count). The molecule has 0 saturated carbocycles. The van der Waals surface area contributed by atoms with Crippen molar-refractivity contribution in [2.75, 3.05) is 19.6 Å². The predicted molar refractivity (Wildman–Crippen MR) is 65.2 cm³/mol. The fourth-order valence-electron chi connectivity index (χ4n) is 3.21. The molecule has 2 heterocycles. The molecule has 0 radical (unpaired) electrons. The van der Waals surface area contributed by atoms with E-state index in [9.17, 15) is 4.79 Å². The fraction of sp³-hybridized carbons (Fsp3) is 0.923. The molecule has 0 N–H and O–H groups in total. The van der Waals surface area contributed by atoms with E-state index in [1.165, 1.54) is 32.4 Å². The van der Waals surface area contributed by atoms with Crippen molar-refractivity contribution in [3.8, 4) is 0 Å². The highest BCUT2D eigenvalue weighted by Crippen LogP contribution is 2.29. The average Bonchev–Trinajstić information content (AvgIpc) is 2.86. The van der Waals surface area contributed by atoms with Gasteiger partial charge >= 0.3 is 0 Å². The summed E-state index contributed by atoms with van der Waals surface area (Å²) in [5, 5.41) is 0. The first-order valence-corrected chi connectivity index (χ1v) is 6.61. The summed E-state index contributed by atoms with van der Waals surface area (Å²) in [6, 6.07) is 1.09. The molecule has 2 aliphatic heterocycles. The second kappa shape index (κ2) is 4.74. The first kappa shape index (κ1) is 11.9. The van der Waals surface area contributed by atoms with Gasteiger partial charge in [-0.25, -0.2) is 0 Å². The Morgan fingerprint density at radius 3 is 2.31 bits per heavy atom. The lowest BCUT2D eigenvalue weighted by molar-refractivity contribution is -0.130.